The Morgan fingerprint density at radius 1 is 1.71 bits per heavy atom. The van der Waals surface area contributed by atoms with E-state index < -0.39 is 0 Å². The second kappa shape index (κ2) is 1.99. The van der Waals surface area contributed by atoms with Gasteiger partial charge in [-0.2, -0.15) is 9.14 Å². The van der Waals surface area contributed by atoms with Gasteiger partial charge in [-0.3, -0.25) is 0 Å². The number of nitrogens with zero attached hydrogens (tertiary/aromatic N) is 1. The average Bonchev–Trinajstić information content (AvgIpc) is 1.69. The molecule has 0 aliphatic heterocycles. The molecule has 1 aromatic heterocycles. The van der Waals surface area contributed by atoms with E-state index in [1.165, 1.54) is 6.07 Å². The van der Waals surface area contributed by atoms with Gasteiger partial charge in [-0.15, -0.1) is 0 Å². The number of halogens is 1. The van der Waals surface area contributed by atoms with Crippen LogP contribution in [0.4, 0.5) is 4.39 Å². The SMILES string of the molecule is Fc1cccpn1. The highest BCUT2D eigenvalue weighted by molar-refractivity contribution is 7.24. The third kappa shape index (κ3) is 1.20. The van der Waals surface area contributed by atoms with Crippen molar-refractivity contribution in [3.63, 3.8) is 0 Å². The molecule has 0 saturated heterocycles. The monoisotopic (exact) mass is 115 g/mol. The Kier molecular flexibility index (Phi) is 1.32. The minimum Gasteiger partial charge on any atom is -0.198 e. The molecular formula is C4H3FNP. The molecule has 0 saturated carbocycles. The molecule has 0 amide bonds. The molecule has 0 unspecified atom stereocenters. The quantitative estimate of drug-likeness (QED) is 0.502. The van der Waals surface area contributed by atoms with Crippen molar-refractivity contribution >= 4 is 8.35 Å². The maximum atomic E-state index is 11.8. The fraction of sp³-hybridized carbons (Fsp3) is 0. The zero-order chi connectivity index (χ0) is 5.11. The van der Waals surface area contributed by atoms with Gasteiger partial charge in [0, 0.05) is 8.35 Å². The molecule has 0 fully saturated rings. The first-order chi connectivity index (χ1) is 3.39. The van der Waals surface area contributed by atoms with Crippen LogP contribution in [0.1, 0.15) is 0 Å². The summed E-state index contributed by atoms with van der Waals surface area (Å²) in [5.41, 5.74) is 0. The number of rotatable bonds is 0. The van der Waals surface area contributed by atoms with Crippen molar-refractivity contribution in [2.24, 2.45) is 0 Å². The molecule has 7 heavy (non-hydrogen) atoms. The minimum atomic E-state index is -0.385. The van der Waals surface area contributed by atoms with Crippen LogP contribution in [0.2, 0.25) is 0 Å². The van der Waals surface area contributed by atoms with E-state index in [1.807, 2.05) is 0 Å². The topological polar surface area (TPSA) is 12.9 Å². The third-order valence-corrected chi connectivity index (χ3v) is 1.15. The summed E-state index contributed by atoms with van der Waals surface area (Å²) in [4.78, 5) is 0. The molecule has 0 spiro atoms. The van der Waals surface area contributed by atoms with E-state index in [0.717, 1.165) is 0 Å². The van der Waals surface area contributed by atoms with Crippen LogP contribution < -0.4 is 0 Å². The van der Waals surface area contributed by atoms with Gasteiger partial charge < -0.3 is 0 Å². The van der Waals surface area contributed by atoms with Crippen molar-refractivity contribution in [3.05, 3.63) is 23.9 Å². The molecule has 1 aromatic rings. The van der Waals surface area contributed by atoms with Crippen molar-refractivity contribution in [3.8, 4) is 0 Å². The van der Waals surface area contributed by atoms with Crippen LogP contribution >= 0.6 is 8.35 Å². The zero-order valence-corrected chi connectivity index (χ0v) is 4.40. The summed E-state index contributed by atoms with van der Waals surface area (Å²) < 4.78 is 15.2. The summed E-state index contributed by atoms with van der Waals surface area (Å²) >= 11 is 0. The van der Waals surface area contributed by atoms with Crippen LogP contribution in [-0.2, 0) is 0 Å². The Balaban J connectivity index is 3.02. The highest BCUT2D eigenvalue weighted by atomic mass is 31.0. The Morgan fingerprint density at radius 3 is 2.86 bits per heavy atom. The lowest BCUT2D eigenvalue weighted by molar-refractivity contribution is 0.595. The number of aromatic nitrogens is 1. The van der Waals surface area contributed by atoms with Gasteiger partial charge in [0.15, 0.2) is 0 Å². The summed E-state index contributed by atoms with van der Waals surface area (Å²) in [6.07, 6.45) is 0. The molecule has 0 radical (unpaired) electrons. The Hall–Kier alpha value is -0.490. The first-order valence-electron chi connectivity index (χ1n) is 1.83. The molecule has 1 rings (SSSR count). The molecule has 0 aliphatic rings. The highest BCUT2D eigenvalue weighted by Gasteiger charge is 1.79. The molecule has 1 heterocycles. The first kappa shape index (κ1) is 4.66. The summed E-state index contributed by atoms with van der Waals surface area (Å²) in [6.45, 7) is 0. The van der Waals surface area contributed by atoms with Gasteiger partial charge in [-0.05, 0) is 11.9 Å². The second-order valence-electron chi connectivity index (χ2n) is 1.05. The average molecular weight is 115 g/mol. The lowest BCUT2D eigenvalue weighted by atomic mass is 10.6. The Bertz CT molecular complexity index is 142. The number of hydrogen-bond acceptors (Lipinski definition) is 1. The molecular weight excluding hydrogens is 112 g/mol. The molecule has 0 bridgehead atoms. The largest absolute Gasteiger partial charge is 0.216 e. The molecule has 36 valence electrons. The van der Waals surface area contributed by atoms with Crippen molar-refractivity contribution in [2.75, 3.05) is 0 Å². The van der Waals surface area contributed by atoms with Gasteiger partial charge in [0.05, 0.1) is 0 Å². The highest BCUT2D eigenvalue weighted by Crippen LogP contribution is 1.97. The van der Waals surface area contributed by atoms with Gasteiger partial charge in [0.25, 0.3) is 0 Å². The molecule has 0 atom stereocenters. The van der Waals surface area contributed by atoms with E-state index in [0.29, 0.717) is 8.35 Å². The predicted molar refractivity (Wildman–Crippen MR) is 26.7 cm³/mol. The van der Waals surface area contributed by atoms with Gasteiger partial charge in [0.2, 0.25) is 5.95 Å². The lowest BCUT2D eigenvalue weighted by Crippen LogP contribution is -1.68. The molecule has 1 nitrogen and oxygen atoms in total. The van der Waals surface area contributed by atoms with Gasteiger partial charge in [0.1, 0.15) is 0 Å². The predicted octanol–water partition coefficient (Wildman–Crippen LogP) is 1.80. The standard InChI is InChI=1S/C4H3FNP/c5-4-2-1-3-7-6-4/h1-3H. The van der Waals surface area contributed by atoms with Crippen molar-refractivity contribution in [2.45, 2.75) is 0 Å². The maximum absolute atomic E-state index is 11.8. The Morgan fingerprint density at radius 2 is 2.57 bits per heavy atom. The third-order valence-electron chi connectivity index (χ3n) is 0.540. The fourth-order valence-corrected chi connectivity index (χ4v) is 0.689. The van der Waals surface area contributed by atoms with E-state index in [-0.39, 0.29) is 5.95 Å². The van der Waals surface area contributed by atoms with E-state index >= 15 is 0 Å². The van der Waals surface area contributed by atoms with Crippen molar-refractivity contribution in [1.82, 2.24) is 4.75 Å². The second-order valence-corrected chi connectivity index (χ2v) is 1.78. The van der Waals surface area contributed by atoms with E-state index in [9.17, 15) is 4.39 Å². The van der Waals surface area contributed by atoms with Crippen molar-refractivity contribution < 1.29 is 4.39 Å². The summed E-state index contributed by atoms with van der Waals surface area (Å²) in [5.74, 6) is 1.38. The van der Waals surface area contributed by atoms with E-state index in [2.05, 4.69) is 4.75 Å². The Labute approximate surface area is 42.4 Å². The summed E-state index contributed by atoms with van der Waals surface area (Å²) in [6, 6.07) is 2.97. The van der Waals surface area contributed by atoms with E-state index in [1.54, 1.807) is 11.9 Å². The molecule has 0 aromatic carbocycles. The van der Waals surface area contributed by atoms with Gasteiger partial charge >= 0.3 is 0 Å². The van der Waals surface area contributed by atoms with E-state index in [4.69, 9.17) is 0 Å². The van der Waals surface area contributed by atoms with Gasteiger partial charge in [-0.1, -0.05) is 6.07 Å². The molecule has 3 heteroatoms. The fourth-order valence-electron chi connectivity index (χ4n) is 0.283. The lowest BCUT2D eigenvalue weighted by Gasteiger charge is -1.76. The van der Waals surface area contributed by atoms with Crippen LogP contribution in [0.15, 0.2) is 17.9 Å². The van der Waals surface area contributed by atoms with Crippen LogP contribution in [0.3, 0.4) is 0 Å². The van der Waals surface area contributed by atoms with Crippen LogP contribution in [-0.4, -0.2) is 4.75 Å². The first-order valence-corrected chi connectivity index (χ1v) is 2.74. The molecule has 0 aliphatic carbocycles. The normalized spacial score (nSPS) is 9.86. The van der Waals surface area contributed by atoms with Crippen LogP contribution in [0.25, 0.3) is 0 Å². The molecule has 0 N–H and O–H groups in total. The number of hydrogen-bond donors (Lipinski definition) is 0. The zero-order valence-electron chi connectivity index (χ0n) is 3.50. The van der Waals surface area contributed by atoms with Crippen LogP contribution in [0.5, 0.6) is 0 Å². The summed E-state index contributed by atoms with van der Waals surface area (Å²) in [7, 11) is 0.694. The van der Waals surface area contributed by atoms with Crippen LogP contribution in [0, 0.1) is 5.95 Å². The summed E-state index contributed by atoms with van der Waals surface area (Å²) in [5, 5.41) is 0. The smallest absolute Gasteiger partial charge is 0.198 e. The minimum absolute atomic E-state index is 0.385. The van der Waals surface area contributed by atoms with Crippen molar-refractivity contribution in [1.29, 1.82) is 0 Å². The van der Waals surface area contributed by atoms with Gasteiger partial charge in [-0.25, -0.2) is 0 Å². The maximum Gasteiger partial charge on any atom is 0.216 e.